The third kappa shape index (κ3) is 6.04. The van der Waals surface area contributed by atoms with Gasteiger partial charge >= 0.3 is 6.01 Å². The lowest BCUT2D eigenvalue weighted by atomic mass is 9.95. The fraction of sp³-hybridized carbons (Fsp3) is 0.538. The van der Waals surface area contributed by atoms with Crippen molar-refractivity contribution in [3.05, 3.63) is 24.4 Å². The van der Waals surface area contributed by atoms with E-state index in [1.54, 1.807) is 6.20 Å². The highest BCUT2D eigenvalue weighted by atomic mass is 16.5. The molecule has 8 nitrogen and oxygen atoms in total. The number of anilines is 2. The Kier molecular flexibility index (Phi) is 6.51. The van der Waals surface area contributed by atoms with Crippen molar-refractivity contribution in [1.29, 1.82) is 0 Å². The first-order valence-corrected chi connectivity index (χ1v) is 12.1. The predicted molar refractivity (Wildman–Crippen MR) is 136 cm³/mol. The molecule has 8 heteroatoms. The third-order valence-corrected chi connectivity index (χ3v) is 5.50. The summed E-state index contributed by atoms with van der Waals surface area (Å²) in [6.07, 6.45) is 7.78. The maximum Gasteiger partial charge on any atom is 0.320 e. The molecule has 0 spiro atoms. The number of nitrogens with zero attached hydrogens (tertiary/aromatic N) is 4. The van der Waals surface area contributed by atoms with Crippen molar-refractivity contribution >= 4 is 22.7 Å². The Morgan fingerprint density at radius 1 is 0.912 bits per heavy atom. The monoisotopic (exact) mass is 464 g/mol. The molecule has 1 aliphatic rings. The minimum Gasteiger partial charge on any atom is -0.471 e. The molecular weight excluding hydrogens is 428 g/mol. The lowest BCUT2D eigenvalue weighted by molar-refractivity contribution is 0.103. The zero-order chi connectivity index (χ0) is 24.5. The average molecular weight is 465 g/mol. The van der Waals surface area contributed by atoms with Gasteiger partial charge in [0.15, 0.2) is 0 Å². The van der Waals surface area contributed by atoms with Gasteiger partial charge in [0.1, 0.15) is 17.0 Å². The summed E-state index contributed by atoms with van der Waals surface area (Å²) in [6.45, 7) is 11.9. The molecule has 2 heterocycles. The van der Waals surface area contributed by atoms with E-state index >= 15 is 0 Å². The van der Waals surface area contributed by atoms with Crippen molar-refractivity contribution in [3.63, 3.8) is 0 Å². The Balaban J connectivity index is 1.77. The number of aromatic nitrogens is 4. The number of hydrogen-bond acceptors (Lipinski definition) is 8. The van der Waals surface area contributed by atoms with Crippen molar-refractivity contribution in [2.24, 2.45) is 0 Å². The van der Waals surface area contributed by atoms with Gasteiger partial charge in [0.2, 0.25) is 11.8 Å². The zero-order valence-electron chi connectivity index (χ0n) is 21.1. The van der Waals surface area contributed by atoms with Crippen LogP contribution in [0.1, 0.15) is 73.6 Å². The fourth-order valence-electron chi connectivity index (χ4n) is 4.10. The number of hydrogen-bond donors (Lipinski definition) is 2. The van der Waals surface area contributed by atoms with E-state index in [1.807, 2.05) is 53.7 Å². The lowest BCUT2D eigenvalue weighted by Gasteiger charge is -2.25. The van der Waals surface area contributed by atoms with E-state index in [1.165, 1.54) is 19.3 Å². The SMILES string of the molecule is CC(C)(C)Oc1ncc(-c2ccc3nc(N)nc(NC4CCCCC4)c3c2)c(OC(C)(C)C)n1. The van der Waals surface area contributed by atoms with Gasteiger partial charge in [-0.05, 0) is 72.1 Å². The molecule has 0 bridgehead atoms. The van der Waals surface area contributed by atoms with Gasteiger partial charge in [-0.25, -0.2) is 9.97 Å². The molecule has 3 aromatic rings. The Morgan fingerprint density at radius 2 is 1.62 bits per heavy atom. The number of nitrogens with one attached hydrogen (secondary N) is 1. The number of ether oxygens (including phenoxy) is 2. The minimum absolute atomic E-state index is 0.266. The Morgan fingerprint density at radius 3 is 2.29 bits per heavy atom. The largest absolute Gasteiger partial charge is 0.471 e. The number of nitrogen functional groups attached to an aromatic ring is 1. The second kappa shape index (κ2) is 9.24. The zero-order valence-corrected chi connectivity index (χ0v) is 21.1. The topological polar surface area (TPSA) is 108 Å². The molecule has 182 valence electrons. The quantitative estimate of drug-likeness (QED) is 0.490. The summed E-state index contributed by atoms with van der Waals surface area (Å²) < 4.78 is 12.1. The molecule has 0 radical (unpaired) electrons. The Labute approximate surface area is 201 Å². The summed E-state index contributed by atoms with van der Waals surface area (Å²) in [7, 11) is 0. The molecule has 0 saturated heterocycles. The molecule has 1 aliphatic carbocycles. The standard InChI is InChI=1S/C26H36N6O2/c1-25(2,3)33-22-19(15-28-24(32-22)34-26(4,5)6)16-12-13-20-18(14-16)21(31-23(27)30-20)29-17-10-8-7-9-11-17/h12-15,17H,7-11H2,1-6H3,(H3,27,29,30,31). The molecule has 0 aliphatic heterocycles. The molecule has 4 rings (SSSR count). The first-order valence-electron chi connectivity index (χ1n) is 12.1. The van der Waals surface area contributed by atoms with E-state index in [9.17, 15) is 0 Å². The van der Waals surface area contributed by atoms with Crippen LogP contribution in [0.4, 0.5) is 11.8 Å². The van der Waals surface area contributed by atoms with Crippen LogP contribution in [-0.4, -0.2) is 37.2 Å². The van der Waals surface area contributed by atoms with Gasteiger partial charge in [0.25, 0.3) is 0 Å². The van der Waals surface area contributed by atoms with Crippen LogP contribution in [0.5, 0.6) is 11.9 Å². The summed E-state index contributed by atoms with van der Waals surface area (Å²) in [5, 5.41) is 4.53. The fourth-order valence-corrected chi connectivity index (χ4v) is 4.10. The minimum atomic E-state index is -0.440. The number of fused-ring (bicyclic) bond motifs is 1. The van der Waals surface area contributed by atoms with Crippen LogP contribution >= 0.6 is 0 Å². The summed E-state index contributed by atoms with van der Waals surface area (Å²) in [4.78, 5) is 18.1. The molecule has 2 aromatic heterocycles. The highest BCUT2D eigenvalue weighted by molar-refractivity contribution is 5.93. The van der Waals surface area contributed by atoms with Gasteiger partial charge in [-0.3, -0.25) is 0 Å². The van der Waals surface area contributed by atoms with Crippen LogP contribution < -0.4 is 20.5 Å². The maximum atomic E-state index is 6.23. The van der Waals surface area contributed by atoms with Crippen LogP contribution in [0, 0.1) is 0 Å². The third-order valence-electron chi connectivity index (χ3n) is 5.50. The van der Waals surface area contributed by atoms with Crippen molar-refractivity contribution in [1.82, 2.24) is 19.9 Å². The summed E-state index contributed by atoms with van der Waals surface area (Å²) >= 11 is 0. The normalized spacial score (nSPS) is 15.4. The van der Waals surface area contributed by atoms with Gasteiger partial charge in [0, 0.05) is 17.6 Å². The number of rotatable bonds is 5. The van der Waals surface area contributed by atoms with E-state index in [-0.39, 0.29) is 12.0 Å². The molecule has 0 amide bonds. The summed E-state index contributed by atoms with van der Waals surface area (Å²) in [5.41, 5.74) is 7.65. The first-order chi connectivity index (χ1) is 16.0. The second-order valence-electron chi connectivity index (χ2n) is 10.9. The Bertz CT molecular complexity index is 1160. The number of nitrogens with two attached hydrogens (primary N) is 1. The van der Waals surface area contributed by atoms with E-state index in [4.69, 9.17) is 15.2 Å². The molecule has 1 saturated carbocycles. The van der Waals surface area contributed by atoms with Gasteiger partial charge in [-0.2, -0.15) is 9.97 Å². The number of benzene rings is 1. The molecule has 3 N–H and O–H groups in total. The van der Waals surface area contributed by atoms with Gasteiger partial charge in [-0.1, -0.05) is 25.3 Å². The highest BCUT2D eigenvalue weighted by Gasteiger charge is 2.22. The van der Waals surface area contributed by atoms with Crippen LogP contribution in [0.3, 0.4) is 0 Å². The molecule has 1 aromatic carbocycles. The summed E-state index contributed by atoms with van der Waals surface area (Å²) in [6, 6.07) is 6.67. The molecular formula is C26H36N6O2. The van der Waals surface area contributed by atoms with E-state index < -0.39 is 11.2 Å². The Hall–Kier alpha value is -3.16. The molecule has 0 unspecified atom stereocenters. The van der Waals surface area contributed by atoms with Crippen LogP contribution in [-0.2, 0) is 0 Å². The first kappa shape index (κ1) is 24.0. The van der Waals surface area contributed by atoms with Crippen LogP contribution in [0.25, 0.3) is 22.0 Å². The summed E-state index contributed by atoms with van der Waals surface area (Å²) in [5.74, 6) is 1.50. The van der Waals surface area contributed by atoms with Crippen molar-refractivity contribution in [2.75, 3.05) is 11.1 Å². The van der Waals surface area contributed by atoms with Crippen molar-refractivity contribution < 1.29 is 9.47 Å². The smallest absolute Gasteiger partial charge is 0.320 e. The average Bonchev–Trinajstić information content (AvgIpc) is 2.72. The lowest BCUT2D eigenvalue weighted by Crippen LogP contribution is -2.26. The van der Waals surface area contributed by atoms with Gasteiger partial charge in [0.05, 0.1) is 11.1 Å². The molecule has 1 fully saturated rings. The highest BCUT2D eigenvalue weighted by Crippen LogP contribution is 2.35. The van der Waals surface area contributed by atoms with Crippen molar-refractivity contribution in [2.45, 2.75) is 90.9 Å². The van der Waals surface area contributed by atoms with Gasteiger partial charge in [-0.15, -0.1) is 0 Å². The van der Waals surface area contributed by atoms with E-state index in [0.717, 1.165) is 40.7 Å². The predicted octanol–water partition coefficient (Wildman–Crippen LogP) is 5.77. The van der Waals surface area contributed by atoms with E-state index in [2.05, 4.69) is 31.3 Å². The molecule has 34 heavy (non-hydrogen) atoms. The maximum absolute atomic E-state index is 6.23. The second-order valence-corrected chi connectivity index (χ2v) is 10.9. The van der Waals surface area contributed by atoms with Gasteiger partial charge < -0.3 is 20.5 Å². The van der Waals surface area contributed by atoms with E-state index in [0.29, 0.717) is 11.9 Å². The van der Waals surface area contributed by atoms with Crippen LogP contribution in [0.2, 0.25) is 0 Å². The van der Waals surface area contributed by atoms with Crippen molar-refractivity contribution in [3.8, 4) is 23.0 Å². The van der Waals surface area contributed by atoms with Crippen LogP contribution in [0.15, 0.2) is 24.4 Å². The molecule has 0 atom stereocenters.